The normalized spacial score (nSPS) is 12.3. The predicted octanol–water partition coefficient (Wildman–Crippen LogP) is 2.16. The average molecular weight is 382 g/mol. The van der Waals surface area contributed by atoms with E-state index in [0.717, 1.165) is 10.6 Å². The molecule has 1 N–H and O–H groups in total. The molecular weight excluding hydrogens is 369 g/mol. The van der Waals surface area contributed by atoms with Gasteiger partial charge in [-0.05, 0) is 36.4 Å². The summed E-state index contributed by atoms with van der Waals surface area (Å²) in [7, 11) is 1.11. The van der Waals surface area contributed by atoms with Crippen molar-refractivity contribution in [3.05, 3.63) is 68.1 Å². The number of hydrogen-bond acceptors (Lipinski definition) is 3. The van der Waals surface area contributed by atoms with Gasteiger partial charge in [0, 0.05) is 19.1 Å². The molecule has 1 unspecified atom stereocenters. The summed E-state index contributed by atoms with van der Waals surface area (Å²) in [6.07, 6.45) is 0. The zero-order valence-electron chi connectivity index (χ0n) is 13.2. The van der Waals surface area contributed by atoms with Crippen molar-refractivity contribution < 1.29 is 8.60 Å². The Morgan fingerprint density at radius 2 is 1.80 bits per heavy atom. The van der Waals surface area contributed by atoms with Gasteiger partial charge in [-0.3, -0.25) is 18.7 Å². The van der Waals surface area contributed by atoms with Crippen molar-refractivity contribution in [1.29, 1.82) is 0 Å². The van der Waals surface area contributed by atoms with E-state index in [1.54, 1.807) is 7.05 Å². The zero-order chi connectivity index (χ0) is 18.3. The first-order chi connectivity index (χ1) is 11.8. The second-order valence-electron chi connectivity index (χ2n) is 5.38. The molecule has 0 saturated heterocycles. The largest absolute Gasteiger partial charge is 0.330 e. The smallest absolute Gasteiger partial charge is 0.298 e. The lowest BCUT2D eigenvalue weighted by atomic mass is 10.2. The first kappa shape index (κ1) is 17.4. The fourth-order valence-electron chi connectivity index (χ4n) is 2.42. The average Bonchev–Trinajstić information content (AvgIpc) is 2.60. The van der Waals surface area contributed by atoms with Crippen molar-refractivity contribution in [2.75, 3.05) is 4.72 Å². The van der Waals surface area contributed by atoms with Gasteiger partial charge in [-0.2, -0.15) is 0 Å². The number of hydrogen-bond donors (Lipinski definition) is 1. The quantitative estimate of drug-likeness (QED) is 0.755. The number of anilines is 1. The van der Waals surface area contributed by atoms with Crippen LogP contribution in [-0.4, -0.2) is 13.3 Å². The summed E-state index contributed by atoms with van der Waals surface area (Å²) in [5, 5.41) is 0.470. The van der Waals surface area contributed by atoms with Gasteiger partial charge in [-0.15, -0.1) is 0 Å². The monoisotopic (exact) mass is 381 g/mol. The lowest BCUT2D eigenvalue weighted by Gasteiger charge is -2.10. The maximum Gasteiger partial charge on any atom is 0.330 e. The van der Waals surface area contributed by atoms with E-state index >= 15 is 0 Å². The van der Waals surface area contributed by atoms with Crippen LogP contribution >= 0.6 is 11.6 Å². The minimum absolute atomic E-state index is 0.0243. The van der Waals surface area contributed by atoms with Gasteiger partial charge in [0.05, 0.1) is 21.5 Å². The van der Waals surface area contributed by atoms with E-state index in [1.807, 2.05) is 0 Å². The number of benzene rings is 2. The summed E-state index contributed by atoms with van der Waals surface area (Å²) < 4.78 is 31.1. The molecule has 0 radical (unpaired) electrons. The SMILES string of the molecule is Cn1c(=O)c2cc(S(=O)Nc3ccc(Cl)cc3F)ccc2n(C)c1=O. The Balaban J connectivity index is 2.06. The van der Waals surface area contributed by atoms with Crippen molar-refractivity contribution in [3.63, 3.8) is 0 Å². The second kappa shape index (κ2) is 6.45. The minimum Gasteiger partial charge on any atom is -0.298 e. The molecule has 1 heterocycles. The number of aromatic nitrogens is 2. The van der Waals surface area contributed by atoms with Crippen LogP contribution in [0.15, 0.2) is 50.9 Å². The van der Waals surface area contributed by atoms with Gasteiger partial charge in [-0.25, -0.2) is 13.4 Å². The molecule has 1 atom stereocenters. The third-order valence-electron chi connectivity index (χ3n) is 3.79. The molecule has 0 aliphatic rings. The molecule has 0 amide bonds. The third-order valence-corrected chi connectivity index (χ3v) is 5.11. The molecule has 3 aromatic rings. The highest BCUT2D eigenvalue weighted by molar-refractivity contribution is 7.86. The molecule has 0 saturated carbocycles. The summed E-state index contributed by atoms with van der Waals surface area (Å²) in [5.41, 5.74) is -0.495. The molecule has 0 fully saturated rings. The highest BCUT2D eigenvalue weighted by atomic mass is 35.5. The van der Waals surface area contributed by atoms with Gasteiger partial charge < -0.3 is 0 Å². The number of nitrogens with one attached hydrogen (secondary N) is 1. The Morgan fingerprint density at radius 1 is 1.08 bits per heavy atom. The van der Waals surface area contributed by atoms with E-state index in [0.29, 0.717) is 5.52 Å². The Hall–Kier alpha value is -2.45. The number of fused-ring (bicyclic) bond motifs is 1. The van der Waals surface area contributed by atoms with E-state index in [1.165, 1.54) is 41.9 Å². The number of halogens is 2. The van der Waals surface area contributed by atoms with Crippen LogP contribution < -0.4 is 16.0 Å². The van der Waals surface area contributed by atoms with Gasteiger partial charge in [0.2, 0.25) is 0 Å². The Kier molecular flexibility index (Phi) is 4.49. The van der Waals surface area contributed by atoms with Crippen molar-refractivity contribution in [1.82, 2.24) is 9.13 Å². The summed E-state index contributed by atoms with van der Waals surface area (Å²) in [4.78, 5) is 24.5. The molecule has 0 aliphatic carbocycles. The molecule has 0 bridgehead atoms. The van der Waals surface area contributed by atoms with E-state index in [-0.39, 0.29) is 21.0 Å². The fourth-order valence-corrected chi connectivity index (χ4v) is 3.48. The summed E-state index contributed by atoms with van der Waals surface area (Å²) in [6, 6.07) is 8.42. The van der Waals surface area contributed by atoms with Crippen LogP contribution in [0.3, 0.4) is 0 Å². The summed E-state index contributed by atoms with van der Waals surface area (Å²) in [5.74, 6) is -0.639. The maximum absolute atomic E-state index is 13.8. The molecule has 0 aliphatic heterocycles. The first-order valence-corrected chi connectivity index (χ1v) is 8.65. The zero-order valence-corrected chi connectivity index (χ0v) is 14.8. The molecular formula is C16H13ClFN3O3S. The van der Waals surface area contributed by atoms with E-state index in [4.69, 9.17) is 11.6 Å². The molecule has 3 rings (SSSR count). The highest BCUT2D eigenvalue weighted by Gasteiger charge is 2.13. The standard InChI is InChI=1S/C16H13ClFN3O3S/c1-20-14-6-4-10(8-11(14)15(22)21(2)16(20)23)25(24)19-13-5-3-9(17)7-12(13)18/h3-8,19H,1-2H3. The third kappa shape index (κ3) is 3.10. The van der Waals surface area contributed by atoms with E-state index in [9.17, 15) is 18.2 Å². The molecule has 9 heteroatoms. The van der Waals surface area contributed by atoms with Crippen molar-refractivity contribution in [2.45, 2.75) is 4.90 Å². The molecule has 130 valence electrons. The molecule has 25 heavy (non-hydrogen) atoms. The Morgan fingerprint density at radius 3 is 2.48 bits per heavy atom. The van der Waals surface area contributed by atoms with Crippen LogP contribution in [-0.2, 0) is 25.1 Å². The van der Waals surface area contributed by atoms with Crippen LogP contribution in [0.5, 0.6) is 0 Å². The van der Waals surface area contributed by atoms with Crippen molar-refractivity contribution >= 4 is 39.2 Å². The second-order valence-corrected chi connectivity index (χ2v) is 7.03. The fraction of sp³-hybridized carbons (Fsp3) is 0.125. The minimum atomic E-state index is -1.80. The molecule has 6 nitrogen and oxygen atoms in total. The van der Waals surface area contributed by atoms with E-state index < -0.39 is 28.1 Å². The number of aryl methyl sites for hydroxylation is 1. The van der Waals surface area contributed by atoms with Gasteiger partial charge in [0.1, 0.15) is 16.8 Å². The predicted molar refractivity (Wildman–Crippen MR) is 95.9 cm³/mol. The van der Waals surface area contributed by atoms with Crippen LogP contribution in [0, 0.1) is 5.82 Å². The molecule has 1 aromatic heterocycles. The molecule has 0 spiro atoms. The summed E-state index contributed by atoms with van der Waals surface area (Å²) in [6.45, 7) is 0. The Bertz CT molecular complexity index is 1140. The molecule has 2 aromatic carbocycles. The number of nitrogens with zero attached hydrogens (tertiary/aromatic N) is 2. The topological polar surface area (TPSA) is 73.1 Å². The maximum atomic E-state index is 13.8. The van der Waals surface area contributed by atoms with Crippen molar-refractivity contribution in [2.24, 2.45) is 14.1 Å². The summed E-state index contributed by atoms with van der Waals surface area (Å²) >= 11 is 5.69. The Labute approximate surface area is 149 Å². The lowest BCUT2D eigenvalue weighted by Crippen LogP contribution is -2.37. The van der Waals surface area contributed by atoms with Crippen LogP contribution in [0.1, 0.15) is 0 Å². The van der Waals surface area contributed by atoms with Gasteiger partial charge in [-0.1, -0.05) is 11.6 Å². The van der Waals surface area contributed by atoms with Gasteiger partial charge in [0.25, 0.3) is 5.56 Å². The van der Waals surface area contributed by atoms with Crippen LogP contribution in [0.4, 0.5) is 10.1 Å². The highest BCUT2D eigenvalue weighted by Crippen LogP contribution is 2.21. The first-order valence-electron chi connectivity index (χ1n) is 7.13. The van der Waals surface area contributed by atoms with Crippen LogP contribution in [0.2, 0.25) is 5.02 Å². The number of rotatable bonds is 3. The van der Waals surface area contributed by atoms with Gasteiger partial charge in [0.15, 0.2) is 0 Å². The van der Waals surface area contributed by atoms with Crippen LogP contribution in [0.25, 0.3) is 10.9 Å². The van der Waals surface area contributed by atoms with E-state index in [2.05, 4.69) is 4.72 Å². The van der Waals surface area contributed by atoms with Crippen molar-refractivity contribution in [3.8, 4) is 0 Å². The van der Waals surface area contributed by atoms with Gasteiger partial charge >= 0.3 is 5.69 Å². The lowest BCUT2D eigenvalue weighted by molar-refractivity contribution is 0.631.